The molecule has 0 spiro atoms. The Morgan fingerprint density at radius 1 is 1.00 bits per heavy atom. The summed E-state index contributed by atoms with van der Waals surface area (Å²) in [4.78, 5) is 44.7. The summed E-state index contributed by atoms with van der Waals surface area (Å²) in [5.74, 6) is -5.79. The molecule has 0 aliphatic rings. The van der Waals surface area contributed by atoms with Crippen LogP contribution in [0.2, 0.25) is 0 Å². The molecule has 0 fully saturated rings. The fourth-order valence-electron chi connectivity index (χ4n) is 1.77. The molecule has 0 saturated carbocycles. The Morgan fingerprint density at radius 3 is 2.00 bits per heavy atom. The molecule has 1 amide bonds. The Kier molecular flexibility index (Phi) is 18.9. The number of carboxylic acids is 2. The van der Waals surface area contributed by atoms with Crippen LogP contribution in [0.3, 0.4) is 0 Å². The van der Waals surface area contributed by atoms with Crippen molar-refractivity contribution in [3.8, 4) is 0 Å². The topological polar surface area (TPSA) is 126 Å². The van der Waals surface area contributed by atoms with Crippen molar-refractivity contribution in [2.75, 3.05) is 6.54 Å². The van der Waals surface area contributed by atoms with Gasteiger partial charge in [-0.2, -0.15) is 0 Å². The molecule has 0 aliphatic carbocycles. The first-order valence-corrected chi connectivity index (χ1v) is 6.98. The second-order valence-corrected chi connectivity index (χ2v) is 5.08. The first-order valence-electron chi connectivity index (χ1n) is 6.98. The average Bonchev–Trinajstić information content (AvgIpc) is 2.37. The summed E-state index contributed by atoms with van der Waals surface area (Å²) in [6.45, 7) is 3.67. The summed E-state index contributed by atoms with van der Waals surface area (Å²) < 4.78 is 0. The van der Waals surface area contributed by atoms with Gasteiger partial charge in [-0.25, -0.2) is 0 Å². The van der Waals surface area contributed by atoms with Gasteiger partial charge >= 0.3 is 59.1 Å². The van der Waals surface area contributed by atoms with Crippen molar-refractivity contribution in [1.29, 1.82) is 0 Å². The van der Waals surface area contributed by atoms with Crippen LogP contribution in [0.1, 0.15) is 46.0 Å². The minimum Gasteiger partial charge on any atom is -0.550 e. The molecule has 0 aliphatic heterocycles. The number of unbranched alkanes of at least 4 members (excludes halogenated alkanes) is 1. The molecular formula is C14H21NNa2O6. The van der Waals surface area contributed by atoms with E-state index in [1.807, 2.05) is 6.92 Å². The number of ketones is 1. The van der Waals surface area contributed by atoms with Crippen LogP contribution in [-0.2, 0) is 19.2 Å². The molecule has 23 heavy (non-hydrogen) atoms. The van der Waals surface area contributed by atoms with Crippen LogP contribution in [0.15, 0.2) is 0 Å². The van der Waals surface area contributed by atoms with Crippen molar-refractivity contribution >= 4 is 23.6 Å². The van der Waals surface area contributed by atoms with E-state index >= 15 is 0 Å². The van der Waals surface area contributed by atoms with E-state index in [1.54, 1.807) is 0 Å². The average molecular weight is 345 g/mol. The van der Waals surface area contributed by atoms with Crippen LogP contribution in [0.5, 0.6) is 0 Å². The van der Waals surface area contributed by atoms with E-state index in [-0.39, 0.29) is 72.0 Å². The molecule has 0 aromatic carbocycles. The molecule has 2 unspecified atom stereocenters. The zero-order valence-electron chi connectivity index (χ0n) is 14.3. The standard InChI is InChI=1S/C14H23NO6.2Na/c1-3-4-5-15-13(19)10(8-12(17)18)7-11(16)6-9(2)14(20)21;;/h9-10H,3-8H2,1-2H3,(H,15,19)(H,17,18)(H,20,21);;/q;2*+1/p-2. The first-order chi connectivity index (χ1) is 9.77. The van der Waals surface area contributed by atoms with Gasteiger partial charge in [0.2, 0.25) is 5.91 Å². The number of Topliss-reactive ketones (excluding diaryl/α,β-unsaturated/α-hetero) is 1. The largest absolute Gasteiger partial charge is 1.00 e. The smallest absolute Gasteiger partial charge is 0.550 e. The summed E-state index contributed by atoms with van der Waals surface area (Å²) in [7, 11) is 0. The van der Waals surface area contributed by atoms with E-state index in [0.717, 1.165) is 12.8 Å². The SMILES string of the molecule is CCCCNC(=O)C(CC(=O)[O-])CC(=O)CC(C)C(=O)[O-].[Na+].[Na+]. The normalized spacial score (nSPS) is 12.1. The number of carbonyl (C=O) groups is 4. The van der Waals surface area contributed by atoms with E-state index < -0.39 is 41.9 Å². The van der Waals surface area contributed by atoms with Crippen molar-refractivity contribution in [2.45, 2.75) is 46.0 Å². The fraction of sp³-hybridized carbons (Fsp3) is 0.714. The molecule has 0 rings (SSSR count). The molecular weight excluding hydrogens is 324 g/mol. The van der Waals surface area contributed by atoms with Gasteiger partial charge in [0.25, 0.3) is 0 Å². The molecule has 2 atom stereocenters. The summed E-state index contributed by atoms with van der Waals surface area (Å²) in [5.41, 5.74) is 0. The minimum absolute atomic E-state index is 0. The van der Waals surface area contributed by atoms with Gasteiger partial charge in [-0.05, 0) is 12.8 Å². The Bertz CT molecular complexity index is 403. The minimum atomic E-state index is -1.42. The second kappa shape index (κ2) is 15.6. The van der Waals surface area contributed by atoms with Gasteiger partial charge in [0.1, 0.15) is 5.78 Å². The molecule has 120 valence electrons. The van der Waals surface area contributed by atoms with Gasteiger partial charge in [-0.1, -0.05) is 20.3 Å². The van der Waals surface area contributed by atoms with Gasteiger partial charge in [-0.3, -0.25) is 9.59 Å². The molecule has 9 heteroatoms. The van der Waals surface area contributed by atoms with Crippen molar-refractivity contribution in [3.05, 3.63) is 0 Å². The number of nitrogens with one attached hydrogen (secondary N) is 1. The quantitative estimate of drug-likeness (QED) is 0.293. The Morgan fingerprint density at radius 2 is 1.57 bits per heavy atom. The van der Waals surface area contributed by atoms with E-state index in [4.69, 9.17) is 0 Å². The maximum absolute atomic E-state index is 11.8. The number of hydrogen-bond acceptors (Lipinski definition) is 6. The van der Waals surface area contributed by atoms with Crippen molar-refractivity contribution < 1.29 is 88.5 Å². The van der Waals surface area contributed by atoms with Gasteiger partial charge in [0, 0.05) is 43.2 Å². The maximum atomic E-state index is 11.8. The van der Waals surface area contributed by atoms with Gasteiger partial charge < -0.3 is 25.1 Å². The third kappa shape index (κ3) is 14.2. The summed E-state index contributed by atoms with van der Waals surface area (Å²) in [6, 6.07) is 0. The Labute approximate surface area is 180 Å². The molecule has 0 aromatic rings. The van der Waals surface area contributed by atoms with Crippen LogP contribution < -0.4 is 74.6 Å². The third-order valence-corrected chi connectivity index (χ3v) is 3.02. The molecule has 0 heterocycles. The first kappa shape index (κ1) is 27.9. The van der Waals surface area contributed by atoms with Gasteiger partial charge in [-0.15, -0.1) is 0 Å². The molecule has 7 nitrogen and oxygen atoms in total. The molecule has 0 bridgehead atoms. The van der Waals surface area contributed by atoms with Crippen LogP contribution >= 0.6 is 0 Å². The number of amides is 1. The number of rotatable bonds is 11. The predicted octanol–water partition coefficient (Wildman–Crippen LogP) is -7.60. The molecule has 0 radical (unpaired) electrons. The van der Waals surface area contributed by atoms with E-state index in [1.165, 1.54) is 6.92 Å². The molecule has 1 N–H and O–H groups in total. The Balaban J connectivity index is -0.00000200. The van der Waals surface area contributed by atoms with Crippen molar-refractivity contribution in [1.82, 2.24) is 5.32 Å². The number of carbonyl (C=O) groups excluding carboxylic acids is 4. The van der Waals surface area contributed by atoms with Crippen molar-refractivity contribution in [3.63, 3.8) is 0 Å². The zero-order valence-corrected chi connectivity index (χ0v) is 18.3. The summed E-state index contributed by atoms with van der Waals surface area (Å²) in [6.07, 6.45) is 0.452. The van der Waals surface area contributed by atoms with Crippen LogP contribution in [0.25, 0.3) is 0 Å². The molecule has 0 saturated heterocycles. The predicted molar refractivity (Wildman–Crippen MR) is 69.4 cm³/mol. The van der Waals surface area contributed by atoms with Crippen LogP contribution in [0.4, 0.5) is 0 Å². The van der Waals surface area contributed by atoms with Gasteiger partial charge in [0.15, 0.2) is 0 Å². The van der Waals surface area contributed by atoms with Crippen molar-refractivity contribution in [2.24, 2.45) is 11.8 Å². The van der Waals surface area contributed by atoms with Crippen LogP contribution in [-0.4, -0.2) is 30.2 Å². The summed E-state index contributed by atoms with van der Waals surface area (Å²) in [5, 5.41) is 23.8. The summed E-state index contributed by atoms with van der Waals surface area (Å²) >= 11 is 0. The maximum Gasteiger partial charge on any atom is 1.00 e. The second-order valence-electron chi connectivity index (χ2n) is 5.08. The monoisotopic (exact) mass is 345 g/mol. The van der Waals surface area contributed by atoms with E-state index in [2.05, 4.69) is 5.32 Å². The van der Waals surface area contributed by atoms with Crippen LogP contribution in [0, 0.1) is 11.8 Å². The van der Waals surface area contributed by atoms with E-state index in [9.17, 15) is 29.4 Å². The fourth-order valence-corrected chi connectivity index (χ4v) is 1.77. The van der Waals surface area contributed by atoms with Gasteiger partial charge in [0.05, 0.1) is 0 Å². The molecule has 0 aromatic heterocycles. The Hall–Kier alpha value is 0.0800. The zero-order chi connectivity index (χ0) is 16.4. The number of aliphatic carboxylic acids is 2. The number of hydrogen-bond donors (Lipinski definition) is 1. The van der Waals surface area contributed by atoms with E-state index in [0.29, 0.717) is 6.54 Å². The third-order valence-electron chi connectivity index (χ3n) is 3.02. The number of carboxylic acid groups (broad SMARTS) is 2.